The number of ether oxygens (including phenoxy) is 1. The predicted octanol–water partition coefficient (Wildman–Crippen LogP) is 2.31. The molecule has 0 saturated carbocycles. The van der Waals surface area contributed by atoms with Gasteiger partial charge in [0.2, 0.25) is 27.7 Å². The summed E-state index contributed by atoms with van der Waals surface area (Å²) in [5, 5.41) is 3.41. The summed E-state index contributed by atoms with van der Waals surface area (Å²) < 4.78 is 34.4. The average molecular weight is 648 g/mol. The molecule has 2 saturated heterocycles. The van der Waals surface area contributed by atoms with Crippen molar-refractivity contribution in [1.29, 1.82) is 0 Å². The predicted molar refractivity (Wildman–Crippen MR) is 168 cm³/mol. The first-order valence-electron chi connectivity index (χ1n) is 15.0. The van der Waals surface area contributed by atoms with Gasteiger partial charge in [0.05, 0.1) is 5.75 Å². The number of hydrogen-bond acceptors (Lipinski definition) is 7. The second-order valence-corrected chi connectivity index (χ2v) is 13.5. The van der Waals surface area contributed by atoms with Crippen LogP contribution in [0.2, 0.25) is 5.02 Å². The molecule has 2 atom stereocenters. The Morgan fingerprint density at radius 2 is 1.82 bits per heavy atom. The van der Waals surface area contributed by atoms with Gasteiger partial charge in [0.1, 0.15) is 12.1 Å². The molecule has 2 aromatic carbocycles. The molecular weight excluding hydrogens is 606 g/mol. The van der Waals surface area contributed by atoms with Crippen molar-refractivity contribution in [3.63, 3.8) is 0 Å². The van der Waals surface area contributed by atoms with Crippen LogP contribution in [0.3, 0.4) is 0 Å². The van der Waals surface area contributed by atoms with Crippen LogP contribution in [0, 0.1) is 0 Å². The standard InChI is InChI=1S/C31H42ClN5O6S/c1-36(26-13-16-43-17-14-26)29(38)12-11-27(35-44(41,42)21-22-6-3-2-4-7-22)31(40)37-15-5-8-28(37)30(39)34-20-24-18-25(32)10-9-23(24)19-33/h2-4,6-7,9-10,18,26-28,35H,5,8,11-17,19-21,33H2,1H3,(H,34,39)/t27-,28+/m1/s1. The second kappa shape index (κ2) is 15.8. The molecule has 13 heteroatoms. The molecule has 0 unspecified atom stereocenters. The van der Waals surface area contributed by atoms with Gasteiger partial charge in [-0.1, -0.05) is 48.0 Å². The molecular formula is C31H42ClN5O6S. The fraction of sp³-hybridized carbons (Fsp3) is 0.516. The minimum atomic E-state index is -3.96. The quantitative estimate of drug-likeness (QED) is 0.302. The van der Waals surface area contributed by atoms with Crippen molar-refractivity contribution in [3.8, 4) is 0 Å². The minimum absolute atomic E-state index is 0.0283. The molecule has 0 radical (unpaired) electrons. The highest BCUT2D eigenvalue weighted by Gasteiger charge is 2.38. The average Bonchev–Trinajstić information content (AvgIpc) is 3.52. The Balaban J connectivity index is 1.47. The van der Waals surface area contributed by atoms with Crippen LogP contribution in [0.5, 0.6) is 0 Å². The van der Waals surface area contributed by atoms with E-state index in [2.05, 4.69) is 10.0 Å². The third-order valence-electron chi connectivity index (χ3n) is 8.28. The Hall–Kier alpha value is -3.03. The maximum Gasteiger partial charge on any atom is 0.243 e. The summed E-state index contributed by atoms with van der Waals surface area (Å²) in [6.07, 6.45) is 2.41. The Labute approximate surface area is 264 Å². The highest BCUT2D eigenvalue weighted by molar-refractivity contribution is 7.88. The van der Waals surface area contributed by atoms with E-state index in [1.807, 2.05) is 6.07 Å². The van der Waals surface area contributed by atoms with Crippen molar-refractivity contribution in [2.24, 2.45) is 5.73 Å². The number of rotatable bonds is 13. The Morgan fingerprint density at radius 1 is 1.09 bits per heavy atom. The molecule has 0 aliphatic carbocycles. The van der Waals surface area contributed by atoms with Crippen LogP contribution in [0.4, 0.5) is 0 Å². The summed E-state index contributed by atoms with van der Waals surface area (Å²) in [5.41, 5.74) is 8.03. The molecule has 0 spiro atoms. The first-order valence-corrected chi connectivity index (χ1v) is 17.0. The van der Waals surface area contributed by atoms with Gasteiger partial charge in [-0.3, -0.25) is 14.4 Å². The van der Waals surface area contributed by atoms with Gasteiger partial charge in [0.25, 0.3) is 0 Å². The zero-order valence-corrected chi connectivity index (χ0v) is 26.6. The van der Waals surface area contributed by atoms with Crippen molar-refractivity contribution in [3.05, 3.63) is 70.2 Å². The summed E-state index contributed by atoms with van der Waals surface area (Å²) in [6.45, 7) is 1.92. The first kappa shape index (κ1) is 33.9. The number of nitrogens with zero attached hydrogens (tertiary/aromatic N) is 2. The highest BCUT2D eigenvalue weighted by Crippen LogP contribution is 2.22. The first-order chi connectivity index (χ1) is 21.1. The summed E-state index contributed by atoms with van der Waals surface area (Å²) in [6, 6.07) is 12.0. The Kier molecular flexibility index (Phi) is 12.2. The van der Waals surface area contributed by atoms with Gasteiger partial charge >= 0.3 is 0 Å². The van der Waals surface area contributed by atoms with Crippen molar-refractivity contribution in [2.45, 2.75) is 75.5 Å². The number of carbonyl (C=O) groups excluding carboxylic acids is 3. The number of benzene rings is 2. The van der Waals surface area contributed by atoms with Crippen LogP contribution in [-0.4, -0.2) is 80.9 Å². The van der Waals surface area contributed by atoms with Crippen LogP contribution in [0.25, 0.3) is 0 Å². The van der Waals surface area contributed by atoms with Crippen LogP contribution in [0.15, 0.2) is 48.5 Å². The lowest BCUT2D eigenvalue weighted by atomic mass is 10.1. The number of halogens is 1. The topological polar surface area (TPSA) is 151 Å². The highest BCUT2D eigenvalue weighted by atomic mass is 35.5. The summed E-state index contributed by atoms with van der Waals surface area (Å²) in [4.78, 5) is 43.5. The smallest absolute Gasteiger partial charge is 0.243 e. The lowest BCUT2D eigenvalue weighted by molar-refractivity contribution is -0.140. The third kappa shape index (κ3) is 9.24. The van der Waals surface area contributed by atoms with Gasteiger partial charge in [-0.15, -0.1) is 0 Å². The van der Waals surface area contributed by atoms with Gasteiger partial charge in [-0.25, -0.2) is 13.1 Å². The van der Waals surface area contributed by atoms with E-state index in [-0.39, 0.29) is 49.5 Å². The van der Waals surface area contributed by atoms with Crippen molar-refractivity contribution >= 4 is 39.3 Å². The van der Waals surface area contributed by atoms with Crippen molar-refractivity contribution < 1.29 is 27.5 Å². The molecule has 2 aromatic rings. The van der Waals surface area contributed by atoms with Gasteiger partial charge < -0.3 is 25.6 Å². The Morgan fingerprint density at radius 3 is 2.52 bits per heavy atom. The van der Waals surface area contributed by atoms with E-state index in [0.29, 0.717) is 43.2 Å². The second-order valence-electron chi connectivity index (χ2n) is 11.3. The van der Waals surface area contributed by atoms with Crippen LogP contribution >= 0.6 is 11.6 Å². The molecule has 240 valence electrons. The van der Waals surface area contributed by atoms with Gasteiger partial charge in [0, 0.05) is 57.4 Å². The summed E-state index contributed by atoms with van der Waals surface area (Å²) in [7, 11) is -2.23. The van der Waals surface area contributed by atoms with E-state index < -0.39 is 28.0 Å². The summed E-state index contributed by atoms with van der Waals surface area (Å²) in [5.74, 6) is -1.36. The van der Waals surface area contributed by atoms with Crippen LogP contribution in [0.1, 0.15) is 55.2 Å². The maximum atomic E-state index is 13.9. The lowest BCUT2D eigenvalue weighted by Gasteiger charge is -2.32. The number of hydrogen-bond donors (Lipinski definition) is 3. The van der Waals surface area contributed by atoms with E-state index in [9.17, 15) is 22.8 Å². The molecule has 0 aromatic heterocycles. The number of amides is 3. The molecule has 0 bridgehead atoms. The fourth-order valence-corrected chi connectivity index (χ4v) is 7.33. The fourth-order valence-electron chi connectivity index (χ4n) is 5.77. The number of nitrogens with one attached hydrogen (secondary N) is 2. The number of likely N-dealkylation sites (tertiary alicyclic amines) is 1. The molecule has 2 heterocycles. The zero-order chi connectivity index (χ0) is 31.7. The van der Waals surface area contributed by atoms with Gasteiger partial charge in [-0.05, 0) is 60.9 Å². The molecule has 44 heavy (non-hydrogen) atoms. The molecule has 4 N–H and O–H groups in total. The number of sulfonamides is 1. The molecule has 2 aliphatic rings. The van der Waals surface area contributed by atoms with E-state index >= 15 is 0 Å². The molecule has 4 rings (SSSR count). The van der Waals surface area contributed by atoms with Crippen molar-refractivity contribution in [1.82, 2.24) is 19.8 Å². The third-order valence-corrected chi connectivity index (χ3v) is 9.87. The van der Waals surface area contributed by atoms with Crippen LogP contribution < -0.4 is 15.8 Å². The van der Waals surface area contributed by atoms with E-state index in [0.717, 1.165) is 24.0 Å². The number of carbonyl (C=O) groups is 3. The summed E-state index contributed by atoms with van der Waals surface area (Å²) >= 11 is 6.14. The van der Waals surface area contributed by atoms with Crippen molar-refractivity contribution in [2.75, 3.05) is 26.8 Å². The van der Waals surface area contributed by atoms with E-state index in [1.54, 1.807) is 54.4 Å². The Bertz CT molecular complexity index is 1400. The SMILES string of the molecule is CN(C(=O)CC[C@@H](NS(=O)(=O)Cc1ccccc1)C(=O)N1CCC[C@H]1C(=O)NCc1cc(Cl)ccc1CN)C1CCOCC1. The van der Waals surface area contributed by atoms with Gasteiger partial charge in [0.15, 0.2) is 0 Å². The van der Waals surface area contributed by atoms with Crippen LogP contribution in [-0.2, 0) is 48.0 Å². The molecule has 11 nitrogen and oxygen atoms in total. The largest absolute Gasteiger partial charge is 0.381 e. The molecule has 2 fully saturated rings. The zero-order valence-electron chi connectivity index (χ0n) is 25.0. The monoisotopic (exact) mass is 647 g/mol. The lowest BCUT2D eigenvalue weighted by Crippen LogP contribution is -2.53. The normalized spacial score (nSPS) is 18.2. The minimum Gasteiger partial charge on any atom is -0.381 e. The van der Waals surface area contributed by atoms with E-state index in [1.165, 1.54) is 4.90 Å². The molecule has 2 aliphatic heterocycles. The number of nitrogens with two attached hydrogens (primary N) is 1. The maximum absolute atomic E-state index is 13.9. The molecule has 3 amide bonds. The van der Waals surface area contributed by atoms with E-state index in [4.69, 9.17) is 22.1 Å². The van der Waals surface area contributed by atoms with Gasteiger partial charge in [-0.2, -0.15) is 0 Å².